The highest BCUT2D eigenvalue weighted by atomic mass is 19.1. The number of anilines is 1. The number of hydrogen-bond acceptors (Lipinski definition) is 2. The highest BCUT2D eigenvalue weighted by molar-refractivity contribution is 5.93. The molecule has 0 radical (unpaired) electrons. The molecule has 3 nitrogen and oxygen atoms in total. The van der Waals surface area contributed by atoms with E-state index >= 15 is 0 Å². The van der Waals surface area contributed by atoms with Crippen LogP contribution in [0.4, 0.5) is 10.1 Å². The van der Waals surface area contributed by atoms with E-state index in [1.807, 2.05) is 31.2 Å². The van der Waals surface area contributed by atoms with Crippen molar-refractivity contribution >= 4 is 11.6 Å². The number of carbonyl (C=O) groups is 1. The summed E-state index contributed by atoms with van der Waals surface area (Å²) in [6.45, 7) is 1.98. The molecule has 108 valence electrons. The standard InChI is InChI=1S/C17H17FN2O/c1-10-3-2-4-12(7-10)17(19)13-8-11-5-6-16(21)20-15(11)9-14(13)18/h2-4,7-9,17H,5-6,19H2,1H3,(H,20,21). The highest BCUT2D eigenvalue weighted by Crippen LogP contribution is 2.30. The van der Waals surface area contributed by atoms with Crippen molar-refractivity contribution in [1.82, 2.24) is 0 Å². The molecule has 2 aromatic rings. The average Bonchev–Trinajstić information content (AvgIpc) is 2.45. The Morgan fingerprint density at radius 2 is 2.05 bits per heavy atom. The van der Waals surface area contributed by atoms with Crippen LogP contribution < -0.4 is 11.1 Å². The lowest BCUT2D eigenvalue weighted by Gasteiger charge is -2.21. The monoisotopic (exact) mass is 284 g/mol. The Balaban J connectivity index is 2.01. The van der Waals surface area contributed by atoms with Crippen LogP contribution in [0.15, 0.2) is 36.4 Å². The maximum atomic E-state index is 14.3. The SMILES string of the molecule is Cc1cccc(C(N)c2cc3c(cc2F)NC(=O)CC3)c1. The number of hydrogen-bond donors (Lipinski definition) is 2. The first kappa shape index (κ1) is 13.8. The molecule has 2 aromatic carbocycles. The van der Waals surface area contributed by atoms with E-state index in [-0.39, 0.29) is 11.7 Å². The summed E-state index contributed by atoms with van der Waals surface area (Å²) >= 11 is 0. The molecule has 3 N–H and O–H groups in total. The van der Waals surface area contributed by atoms with Gasteiger partial charge in [0, 0.05) is 17.7 Å². The lowest BCUT2D eigenvalue weighted by Crippen LogP contribution is -2.21. The van der Waals surface area contributed by atoms with Crippen LogP contribution in [0.3, 0.4) is 0 Å². The Labute approximate surface area is 123 Å². The van der Waals surface area contributed by atoms with Crippen molar-refractivity contribution in [3.8, 4) is 0 Å². The van der Waals surface area contributed by atoms with Crippen molar-refractivity contribution in [1.29, 1.82) is 0 Å². The third-order valence-corrected chi connectivity index (χ3v) is 3.85. The summed E-state index contributed by atoms with van der Waals surface area (Å²) in [6.07, 6.45) is 1.05. The summed E-state index contributed by atoms with van der Waals surface area (Å²) < 4.78 is 14.3. The minimum atomic E-state index is -0.507. The van der Waals surface area contributed by atoms with E-state index in [2.05, 4.69) is 5.32 Å². The zero-order chi connectivity index (χ0) is 15.0. The van der Waals surface area contributed by atoms with Crippen LogP contribution in [-0.4, -0.2) is 5.91 Å². The molecule has 0 bridgehead atoms. The smallest absolute Gasteiger partial charge is 0.224 e. The first-order chi connectivity index (χ1) is 10.0. The molecule has 0 aliphatic carbocycles. The fraction of sp³-hybridized carbons (Fsp3) is 0.235. The molecule has 0 saturated heterocycles. The molecule has 1 aliphatic heterocycles. The van der Waals surface area contributed by atoms with Gasteiger partial charge in [-0.25, -0.2) is 4.39 Å². The van der Waals surface area contributed by atoms with Crippen LogP contribution >= 0.6 is 0 Å². The summed E-state index contributed by atoms with van der Waals surface area (Å²) in [5.74, 6) is -0.456. The Bertz CT molecular complexity index is 712. The molecule has 1 heterocycles. The number of carbonyl (C=O) groups excluding carboxylic acids is 1. The van der Waals surface area contributed by atoms with Gasteiger partial charge >= 0.3 is 0 Å². The van der Waals surface area contributed by atoms with Crippen LogP contribution in [-0.2, 0) is 11.2 Å². The maximum absolute atomic E-state index is 14.3. The minimum Gasteiger partial charge on any atom is -0.326 e. The number of halogens is 1. The molecule has 21 heavy (non-hydrogen) atoms. The van der Waals surface area contributed by atoms with Crippen molar-refractivity contribution in [2.45, 2.75) is 25.8 Å². The van der Waals surface area contributed by atoms with Gasteiger partial charge in [-0.05, 0) is 36.6 Å². The molecule has 0 aromatic heterocycles. The van der Waals surface area contributed by atoms with Crippen molar-refractivity contribution in [2.75, 3.05) is 5.32 Å². The summed E-state index contributed by atoms with van der Waals surface area (Å²) in [5.41, 5.74) is 10.2. The second kappa shape index (κ2) is 5.30. The third kappa shape index (κ3) is 2.67. The van der Waals surface area contributed by atoms with Crippen molar-refractivity contribution < 1.29 is 9.18 Å². The van der Waals surface area contributed by atoms with Crippen LogP contribution in [0.1, 0.15) is 34.7 Å². The molecule has 1 unspecified atom stereocenters. The number of nitrogens with two attached hydrogens (primary N) is 1. The number of nitrogens with one attached hydrogen (secondary N) is 1. The molecule has 1 amide bonds. The van der Waals surface area contributed by atoms with E-state index in [9.17, 15) is 9.18 Å². The Hall–Kier alpha value is -2.20. The van der Waals surface area contributed by atoms with Gasteiger partial charge in [-0.2, -0.15) is 0 Å². The van der Waals surface area contributed by atoms with E-state index in [0.29, 0.717) is 24.1 Å². The Morgan fingerprint density at radius 1 is 1.24 bits per heavy atom. The zero-order valence-electron chi connectivity index (χ0n) is 11.8. The van der Waals surface area contributed by atoms with E-state index in [1.54, 1.807) is 6.07 Å². The van der Waals surface area contributed by atoms with Gasteiger partial charge in [0.1, 0.15) is 5.82 Å². The molecule has 4 heteroatoms. The van der Waals surface area contributed by atoms with E-state index in [4.69, 9.17) is 5.73 Å². The quantitative estimate of drug-likeness (QED) is 0.890. The Kier molecular flexibility index (Phi) is 3.47. The topological polar surface area (TPSA) is 55.1 Å². The zero-order valence-corrected chi connectivity index (χ0v) is 11.8. The minimum absolute atomic E-state index is 0.0716. The largest absolute Gasteiger partial charge is 0.326 e. The van der Waals surface area contributed by atoms with Crippen LogP contribution in [0.5, 0.6) is 0 Å². The lowest BCUT2D eigenvalue weighted by molar-refractivity contribution is -0.116. The van der Waals surface area contributed by atoms with Crippen molar-refractivity contribution in [3.05, 3.63) is 64.5 Å². The maximum Gasteiger partial charge on any atom is 0.224 e. The fourth-order valence-electron chi connectivity index (χ4n) is 2.70. The Morgan fingerprint density at radius 3 is 2.81 bits per heavy atom. The van der Waals surface area contributed by atoms with Gasteiger partial charge in [0.15, 0.2) is 0 Å². The van der Waals surface area contributed by atoms with Gasteiger partial charge in [0.05, 0.1) is 6.04 Å². The normalized spacial score (nSPS) is 15.3. The molecular weight excluding hydrogens is 267 g/mol. The summed E-state index contributed by atoms with van der Waals surface area (Å²) in [5, 5.41) is 2.70. The summed E-state index contributed by atoms with van der Waals surface area (Å²) in [7, 11) is 0. The highest BCUT2D eigenvalue weighted by Gasteiger charge is 2.21. The number of benzene rings is 2. The molecule has 1 atom stereocenters. The van der Waals surface area contributed by atoms with Gasteiger partial charge in [-0.3, -0.25) is 4.79 Å². The van der Waals surface area contributed by atoms with Crippen LogP contribution in [0, 0.1) is 12.7 Å². The molecular formula is C17H17FN2O. The first-order valence-corrected chi connectivity index (χ1v) is 6.99. The van der Waals surface area contributed by atoms with Crippen LogP contribution in [0.25, 0.3) is 0 Å². The van der Waals surface area contributed by atoms with Gasteiger partial charge in [-0.1, -0.05) is 29.8 Å². The summed E-state index contributed by atoms with van der Waals surface area (Å²) in [6, 6.07) is 10.4. The number of fused-ring (bicyclic) bond motifs is 1. The van der Waals surface area contributed by atoms with Gasteiger partial charge in [0.25, 0.3) is 0 Å². The second-order valence-corrected chi connectivity index (χ2v) is 5.47. The predicted octanol–water partition coefficient (Wildman–Crippen LogP) is 3.07. The third-order valence-electron chi connectivity index (χ3n) is 3.85. The molecule has 3 rings (SSSR count). The number of rotatable bonds is 2. The van der Waals surface area contributed by atoms with Crippen molar-refractivity contribution in [3.63, 3.8) is 0 Å². The lowest BCUT2D eigenvalue weighted by atomic mass is 9.93. The van der Waals surface area contributed by atoms with Gasteiger partial charge < -0.3 is 11.1 Å². The van der Waals surface area contributed by atoms with E-state index in [0.717, 1.165) is 16.7 Å². The number of aryl methyl sites for hydroxylation is 2. The van der Waals surface area contributed by atoms with E-state index in [1.165, 1.54) is 6.07 Å². The number of amides is 1. The molecule has 1 aliphatic rings. The van der Waals surface area contributed by atoms with Gasteiger partial charge in [-0.15, -0.1) is 0 Å². The summed E-state index contributed by atoms with van der Waals surface area (Å²) in [4.78, 5) is 11.4. The average molecular weight is 284 g/mol. The fourth-order valence-corrected chi connectivity index (χ4v) is 2.70. The van der Waals surface area contributed by atoms with E-state index < -0.39 is 6.04 Å². The predicted molar refractivity (Wildman–Crippen MR) is 80.6 cm³/mol. The van der Waals surface area contributed by atoms with Crippen molar-refractivity contribution in [2.24, 2.45) is 5.73 Å². The van der Waals surface area contributed by atoms with Gasteiger partial charge in [0.2, 0.25) is 5.91 Å². The molecule has 0 saturated carbocycles. The molecule has 0 fully saturated rings. The van der Waals surface area contributed by atoms with Crippen LogP contribution in [0.2, 0.25) is 0 Å². The molecule has 0 spiro atoms. The second-order valence-electron chi connectivity index (χ2n) is 5.47. The first-order valence-electron chi connectivity index (χ1n) is 6.99.